The Kier molecular flexibility index (Phi) is 9.42. The molecule has 0 saturated carbocycles. The maximum absolute atomic E-state index is 12.3. The summed E-state index contributed by atoms with van der Waals surface area (Å²) in [5.41, 5.74) is 3.84. The van der Waals surface area contributed by atoms with Crippen molar-refractivity contribution < 1.29 is 39.4 Å². The van der Waals surface area contributed by atoms with E-state index in [-0.39, 0.29) is 0 Å². The lowest BCUT2D eigenvalue weighted by molar-refractivity contribution is -0.277. The van der Waals surface area contributed by atoms with Gasteiger partial charge in [0.25, 0.3) is 0 Å². The number of esters is 1. The number of ether oxygens (including phenoxy) is 3. The third kappa shape index (κ3) is 6.40. The molecule has 0 radical (unpaired) electrons. The van der Waals surface area contributed by atoms with E-state index in [4.69, 9.17) is 14.2 Å². The van der Waals surface area contributed by atoms with Gasteiger partial charge in [-0.05, 0) is 63.8 Å². The molecule has 0 bridgehead atoms. The number of aliphatic hydroxyl groups is 4. The smallest absolute Gasteiger partial charge is 0.337 e. The van der Waals surface area contributed by atoms with Crippen LogP contribution < -0.4 is 4.74 Å². The molecule has 32 heavy (non-hydrogen) atoms. The molecule has 178 valence electrons. The average Bonchev–Trinajstić information content (AvgIpc) is 2.76. The van der Waals surface area contributed by atoms with Crippen molar-refractivity contribution >= 4 is 5.97 Å². The van der Waals surface area contributed by atoms with E-state index >= 15 is 0 Å². The van der Waals surface area contributed by atoms with Crippen molar-refractivity contribution in [1.82, 2.24) is 0 Å². The van der Waals surface area contributed by atoms with Crippen molar-refractivity contribution in [1.29, 1.82) is 0 Å². The van der Waals surface area contributed by atoms with Crippen LogP contribution in [0.3, 0.4) is 0 Å². The van der Waals surface area contributed by atoms with Crippen molar-refractivity contribution in [2.24, 2.45) is 0 Å². The van der Waals surface area contributed by atoms with Crippen LogP contribution in [0.1, 0.15) is 49.2 Å². The first-order valence-electron chi connectivity index (χ1n) is 10.6. The maximum atomic E-state index is 12.3. The van der Waals surface area contributed by atoms with Gasteiger partial charge in [0.05, 0.1) is 19.3 Å². The fourth-order valence-electron chi connectivity index (χ4n) is 3.35. The Morgan fingerprint density at radius 2 is 1.50 bits per heavy atom. The molecule has 0 aliphatic carbocycles. The fourth-order valence-corrected chi connectivity index (χ4v) is 3.35. The zero-order valence-electron chi connectivity index (χ0n) is 19.2. The van der Waals surface area contributed by atoms with E-state index in [9.17, 15) is 25.2 Å². The minimum Gasteiger partial charge on any atom is -0.465 e. The van der Waals surface area contributed by atoms with Gasteiger partial charge in [-0.15, -0.1) is 0 Å². The van der Waals surface area contributed by atoms with Crippen LogP contribution >= 0.6 is 0 Å². The van der Waals surface area contributed by atoms with Crippen LogP contribution in [0.4, 0.5) is 0 Å². The monoisotopic (exact) mass is 450 g/mol. The Morgan fingerprint density at radius 3 is 1.94 bits per heavy atom. The van der Waals surface area contributed by atoms with Crippen LogP contribution in [0.2, 0.25) is 0 Å². The van der Waals surface area contributed by atoms with Gasteiger partial charge in [-0.2, -0.15) is 0 Å². The van der Waals surface area contributed by atoms with E-state index in [2.05, 4.69) is 0 Å². The predicted octanol–water partition coefficient (Wildman–Crippen LogP) is 1.67. The van der Waals surface area contributed by atoms with Crippen molar-refractivity contribution in [3.8, 4) is 5.75 Å². The van der Waals surface area contributed by atoms with E-state index < -0.39 is 43.3 Å². The van der Waals surface area contributed by atoms with Crippen molar-refractivity contribution in [2.45, 2.75) is 71.2 Å². The van der Waals surface area contributed by atoms with Gasteiger partial charge in [-0.1, -0.05) is 23.3 Å². The largest absolute Gasteiger partial charge is 0.465 e. The lowest BCUT2D eigenvalue weighted by Crippen LogP contribution is -2.60. The average molecular weight is 451 g/mol. The summed E-state index contributed by atoms with van der Waals surface area (Å²) in [6, 6.07) is 3.33. The van der Waals surface area contributed by atoms with Crippen LogP contribution in [0, 0.1) is 0 Å². The van der Waals surface area contributed by atoms with E-state index in [0.717, 1.165) is 11.1 Å². The first kappa shape index (κ1) is 26.0. The fraction of sp³-hybridized carbons (Fsp3) is 0.542. The minimum atomic E-state index is -1.55. The van der Waals surface area contributed by atoms with Crippen molar-refractivity contribution in [3.05, 3.63) is 52.1 Å². The summed E-state index contributed by atoms with van der Waals surface area (Å²) in [5.74, 6) is -0.0849. The third-order valence-electron chi connectivity index (χ3n) is 5.21. The molecule has 0 aromatic heterocycles. The number of aliphatic hydroxyl groups excluding tert-OH is 4. The number of methoxy groups -OCH3 is 1. The molecular weight excluding hydrogens is 416 g/mol. The molecule has 1 heterocycles. The molecule has 1 fully saturated rings. The molecule has 1 aromatic carbocycles. The standard InChI is InChI=1S/C24H34O8/c1-13(2)6-8-15-10-17(23(29)30-5)11-16(9-7-14(3)4)22(15)32-24-21(28)20(27)19(26)18(12-25)31-24/h6-7,10-11,18-21,24-28H,8-9,12H2,1-5H3/t18-,19-,20+,21-,24+/m1/s1. The van der Waals surface area contributed by atoms with Crippen LogP contribution in [0.25, 0.3) is 0 Å². The van der Waals surface area contributed by atoms with Gasteiger partial charge in [0, 0.05) is 0 Å². The molecule has 0 amide bonds. The number of allylic oxidation sites excluding steroid dienone is 4. The molecule has 5 atom stereocenters. The first-order chi connectivity index (χ1) is 15.1. The van der Waals surface area contributed by atoms with Gasteiger partial charge in [0.2, 0.25) is 6.29 Å². The van der Waals surface area contributed by atoms with E-state index in [0.29, 0.717) is 35.3 Å². The van der Waals surface area contributed by atoms with E-state index in [1.807, 2.05) is 39.8 Å². The summed E-state index contributed by atoms with van der Waals surface area (Å²) in [7, 11) is 1.31. The summed E-state index contributed by atoms with van der Waals surface area (Å²) in [4.78, 5) is 12.3. The van der Waals surface area contributed by atoms with Gasteiger partial charge in [0.1, 0.15) is 30.2 Å². The highest BCUT2D eigenvalue weighted by atomic mass is 16.7. The van der Waals surface area contributed by atoms with Gasteiger partial charge in [0.15, 0.2) is 0 Å². The van der Waals surface area contributed by atoms with Crippen LogP contribution in [0.5, 0.6) is 5.75 Å². The molecular formula is C24H34O8. The van der Waals surface area contributed by atoms with Crippen LogP contribution in [0.15, 0.2) is 35.4 Å². The van der Waals surface area contributed by atoms with Gasteiger partial charge in [-0.25, -0.2) is 4.79 Å². The highest BCUT2D eigenvalue weighted by molar-refractivity contribution is 5.90. The number of carbonyl (C=O) groups excluding carboxylic acids is 1. The first-order valence-corrected chi connectivity index (χ1v) is 10.6. The predicted molar refractivity (Wildman–Crippen MR) is 118 cm³/mol. The van der Waals surface area contributed by atoms with Crippen molar-refractivity contribution in [2.75, 3.05) is 13.7 Å². The second-order valence-corrected chi connectivity index (χ2v) is 8.40. The number of hydrogen-bond donors (Lipinski definition) is 4. The molecule has 8 nitrogen and oxygen atoms in total. The topological polar surface area (TPSA) is 126 Å². The van der Waals surface area contributed by atoms with Gasteiger partial charge in [-0.3, -0.25) is 0 Å². The molecule has 1 saturated heterocycles. The second-order valence-electron chi connectivity index (χ2n) is 8.40. The summed E-state index contributed by atoms with van der Waals surface area (Å²) in [6.07, 6.45) is -2.15. The molecule has 8 heteroatoms. The lowest BCUT2D eigenvalue weighted by Gasteiger charge is -2.40. The molecule has 0 unspecified atom stereocenters. The Morgan fingerprint density at radius 1 is 0.969 bits per heavy atom. The Hall–Kier alpha value is -2.23. The maximum Gasteiger partial charge on any atom is 0.337 e. The van der Waals surface area contributed by atoms with Crippen LogP contribution in [-0.2, 0) is 22.3 Å². The number of benzene rings is 1. The highest BCUT2D eigenvalue weighted by Gasteiger charge is 2.45. The molecule has 4 N–H and O–H groups in total. The summed E-state index contributed by atoms with van der Waals surface area (Å²) in [6.45, 7) is 7.25. The number of rotatable bonds is 8. The Labute approximate surface area is 188 Å². The zero-order valence-corrected chi connectivity index (χ0v) is 19.2. The van der Waals surface area contributed by atoms with E-state index in [1.54, 1.807) is 12.1 Å². The molecule has 0 spiro atoms. The zero-order chi connectivity index (χ0) is 24.0. The molecule has 1 aromatic rings. The normalized spacial score (nSPS) is 25.1. The summed E-state index contributed by atoms with van der Waals surface area (Å²) < 4.78 is 16.5. The van der Waals surface area contributed by atoms with Gasteiger partial charge < -0.3 is 34.6 Å². The van der Waals surface area contributed by atoms with Crippen molar-refractivity contribution in [3.63, 3.8) is 0 Å². The highest BCUT2D eigenvalue weighted by Crippen LogP contribution is 2.32. The Balaban J connectivity index is 2.56. The quantitative estimate of drug-likeness (QED) is 0.348. The SMILES string of the molecule is COC(=O)c1cc(CC=C(C)C)c(O[C@@H]2O[C@H](CO)[C@@H](O)[C@H](O)[C@H]2O)c(CC=C(C)C)c1. The summed E-state index contributed by atoms with van der Waals surface area (Å²) in [5, 5.41) is 40.1. The lowest BCUT2D eigenvalue weighted by atomic mass is 9.97. The molecule has 1 aliphatic rings. The second kappa shape index (κ2) is 11.6. The third-order valence-corrected chi connectivity index (χ3v) is 5.21. The molecule has 1 aliphatic heterocycles. The number of carbonyl (C=O) groups is 1. The van der Waals surface area contributed by atoms with Gasteiger partial charge >= 0.3 is 5.97 Å². The Bertz CT molecular complexity index is 809. The molecule has 2 rings (SSSR count). The van der Waals surface area contributed by atoms with Crippen LogP contribution in [-0.4, -0.2) is 70.8 Å². The minimum absolute atomic E-state index is 0.364. The summed E-state index contributed by atoms with van der Waals surface area (Å²) >= 11 is 0. The number of hydrogen-bond acceptors (Lipinski definition) is 8. The van der Waals surface area contributed by atoms with E-state index in [1.165, 1.54) is 7.11 Å².